The monoisotopic (exact) mass is 202 g/mol. The second-order valence-corrected chi connectivity index (χ2v) is 4.10. The third-order valence-corrected chi connectivity index (χ3v) is 2.74. The lowest BCUT2D eigenvalue weighted by Gasteiger charge is -2.03. The lowest BCUT2D eigenvalue weighted by atomic mass is 10.3. The number of nitrogens with zero attached hydrogens (tertiary/aromatic N) is 4. The van der Waals surface area contributed by atoms with Gasteiger partial charge < -0.3 is 5.11 Å². The Bertz CT molecular complexity index is 250. The molecule has 5 nitrogen and oxygen atoms in total. The van der Waals surface area contributed by atoms with Crippen molar-refractivity contribution in [2.24, 2.45) is 5.92 Å². The van der Waals surface area contributed by atoms with E-state index in [-0.39, 0.29) is 6.61 Å². The van der Waals surface area contributed by atoms with Crippen molar-refractivity contribution in [2.75, 3.05) is 12.4 Å². The van der Waals surface area contributed by atoms with Crippen LogP contribution in [0.25, 0.3) is 0 Å². The highest BCUT2D eigenvalue weighted by molar-refractivity contribution is 7.99. The number of hydrogen-bond donors (Lipinski definition) is 1. The zero-order chi connectivity index (χ0) is 9.68. The van der Waals surface area contributed by atoms with Crippen LogP contribution in [0.1, 0.15) is 13.8 Å². The molecule has 0 atom stereocenters. The first-order chi connectivity index (χ1) is 6.24. The molecule has 0 aliphatic carbocycles. The van der Waals surface area contributed by atoms with Gasteiger partial charge in [0.15, 0.2) is 0 Å². The predicted octanol–water partition coefficient (Wildman–Crippen LogP) is 0.414. The van der Waals surface area contributed by atoms with E-state index in [0.717, 1.165) is 10.9 Å². The zero-order valence-electron chi connectivity index (χ0n) is 7.84. The number of hydrogen-bond acceptors (Lipinski definition) is 5. The van der Waals surface area contributed by atoms with E-state index in [9.17, 15) is 0 Å². The number of tetrazole rings is 1. The van der Waals surface area contributed by atoms with Gasteiger partial charge in [-0.15, -0.1) is 5.10 Å². The first-order valence-electron chi connectivity index (χ1n) is 4.24. The zero-order valence-corrected chi connectivity index (χ0v) is 8.66. The van der Waals surface area contributed by atoms with Gasteiger partial charge in [-0.3, -0.25) is 0 Å². The number of aliphatic hydroxyl groups is 1. The second kappa shape index (κ2) is 5.18. The predicted molar refractivity (Wildman–Crippen MR) is 50.5 cm³/mol. The first-order valence-corrected chi connectivity index (χ1v) is 5.22. The van der Waals surface area contributed by atoms with Crippen LogP contribution in [0.5, 0.6) is 0 Å². The molecule has 1 rings (SSSR count). The van der Waals surface area contributed by atoms with E-state index in [0.29, 0.717) is 12.5 Å². The van der Waals surface area contributed by atoms with E-state index in [1.807, 2.05) is 0 Å². The van der Waals surface area contributed by atoms with Gasteiger partial charge >= 0.3 is 0 Å². The normalized spacial score (nSPS) is 11.1. The van der Waals surface area contributed by atoms with Gasteiger partial charge in [0.25, 0.3) is 0 Å². The van der Waals surface area contributed by atoms with Gasteiger partial charge in [-0.05, 0) is 16.3 Å². The Morgan fingerprint density at radius 2 is 2.31 bits per heavy atom. The van der Waals surface area contributed by atoms with Gasteiger partial charge in [0.1, 0.15) is 0 Å². The fourth-order valence-electron chi connectivity index (χ4n) is 0.776. The molecular weight excluding hydrogens is 188 g/mol. The van der Waals surface area contributed by atoms with Crippen molar-refractivity contribution in [1.29, 1.82) is 0 Å². The molecule has 0 spiro atoms. The maximum absolute atomic E-state index is 8.71. The molecule has 0 amide bonds. The number of rotatable bonds is 5. The van der Waals surface area contributed by atoms with Crippen LogP contribution in [-0.2, 0) is 6.54 Å². The van der Waals surface area contributed by atoms with Crippen molar-refractivity contribution >= 4 is 11.8 Å². The Balaban J connectivity index is 2.49. The van der Waals surface area contributed by atoms with Crippen LogP contribution < -0.4 is 0 Å². The summed E-state index contributed by atoms with van der Waals surface area (Å²) in [5.74, 6) is 1.61. The molecule has 1 aromatic rings. The Morgan fingerprint density at radius 3 is 2.92 bits per heavy atom. The summed E-state index contributed by atoms with van der Waals surface area (Å²) in [5.41, 5.74) is 0. The van der Waals surface area contributed by atoms with E-state index < -0.39 is 0 Å². The molecule has 0 aliphatic rings. The summed E-state index contributed by atoms with van der Waals surface area (Å²) in [6.45, 7) is 4.83. The lowest BCUT2D eigenvalue weighted by molar-refractivity contribution is 0.262. The van der Waals surface area contributed by atoms with Crippen LogP contribution in [0.2, 0.25) is 0 Å². The SMILES string of the molecule is CC(C)CSc1nnnn1CCO. The highest BCUT2D eigenvalue weighted by Crippen LogP contribution is 2.16. The Hall–Kier alpha value is -0.620. The van der Waals surface area contributed by atoms with E-state index in [2.05, 4.69) is 29.4 Å². The molecular formula is C7H14N4OS. The molecule has 0 bridgehead atoms. The topological polar surface area (TPSA) is 63.8 Å². The van der Waals surface area contributed by atoms with Gasteiger partial charge in [-0.2, -0.15) is 0 Å². The van der Waals surface area contributed by atoms with E-state index in [1.165, 1.54) is 0 Å². The summed E-state index contributed by atoms with van der Waals surface area (Å²) >= 11 is 1.62. The van der Waals surface area contributed by atoms with Crippen molar-refractivity contribution in [3.8, 4) is 0 Å². The summed E-state index contributed by atoms with van der Waals surface area (Å²) in [4.78, 5) is 0. The molecule has 6 heteroatoms. The standard InChI is InChI=1S/C7H14N4OS/c1-6(2)5-13-7-8-9-10-11(7)3-4-12/h6,12H,3-5H2,1-2H3. The minimum absolute atomic E-state index is 0.0697. The average molecular weight is 202 g/mol. The van der Waals surface area contributed by atoms with Crippen LogP contribution in [0.3, 0.4) is 0 Å². The smallest absolute Gasteiger partial charge is 0.209 e. The molecule has 0 fully saturated rings. The minimum Gasteiger partial charge on any atom is -0.394 e. The third-order valence-electron chi connectivity index (χ3n) is 1.36. The molecule has 0 radical (unpaired) electrons. The summed E-state index contributed by atoms with van der Waals surface area (Å²) in [6.07, 6.45) is 0. The summed E-state index contributed by atoms with van der Waals surface area (Å²) < 4.78 is 1.62. The van der Waals surface area contributed by atoms with Gasteiger partial charge in [0.05, 0.1) is 13.2 Å². The molecule has 0 aliphatic heterocycles. The van der Waals surface area contributed by atoms with Gasteiger partial charge in [0, 0.05) is 5.75 Å². The number of thioether (sulfide) groups is 1. The fourth-order valence-corrected chi connectivity index (χ4v) is 1.63. The maximum Gasteiger partial charge on any atom is 0.209 e. The van der Waals surface area contributed by atoms with Gasteiger partial charge in [0.2, 0.25) is 5.16 Å². The number of aromatic nitrogens is 4. The largest absolute Gasteiger partial charge is 0.394 e. The van der Waals surface area contributed by atoms with Crippen LogP contribution in [0, 0.1) is 5.92 Å². The Morgan fingerprint density at radius 1 is 1.54 bits per heavy atom. The second-order valence-electron chi connectivity index (χ2n) is 3.11. The van der Waals surface area contributed by atoms with Gasteiger partial charge in [-0.25, -0.2) is 4.68 Å². The molecule has 0 saturated heterocycles. The van der Waals surface area contributed by atoms with E-state index in [4.69, 9.17) is 5.11 Å². The van der Waals surface area contributed by atoms with Crippen molar-refractivity contribution in [1.82, 2.24) is 20.2 Å². The molecule has 1 N–H and O–H groups in total. The molecule has 0 aromatic carbocycles. The Labute approximate surface area is 81.5 Å². The molecule has 74 valence electrons. The minimum atomic E-state index is 0.0697. The Kier molecular flexibility index (Phi) is 4.17. The van der Waals surface area contributed by atoms with Crippen LogP contribution in [0.15, 0.2) is 5.16 Å². The van der Waals surface area contributed by atoms with Crippen LogP contribution >= 0.6 is 11.8 Å². The number of aliphatic hydroxyl groups excluding tert-OH is 1. The van der Waals surface area contributed by atoms with Crippen molar-refractivity contribution in [3.05, 3.63) is 0 Å². The van der Waals surface area contributed by atoms with E-state index >= 15 is 0 Å². The third kappa shape index (κ3) is 3.31. The summed E-state index contributed by atoms with van der Waals surface area (Å²) in [7, 11) is 0. The molecule has 1 aromatic heterocycles. The van der Waals surface area contributed by atoms with Crippen LogP contribution in [-0.4, -0.2) is 37.7 Å². The van der Waals surface area contributed by atoms with Crippen LogP contribution in [0.4, 0.5) is 0 Å². The average Bonchev–Trinajstić information content (AvgIpc) is 2.49. The van der Waals surface area contributed by atoms with Crippen molar-refractivity contribution in [2.45, 2.75) is 25.5 Å². The molecule has 13 heavy (non-hydrogen) atoms. The van der Waals surface area contributed by atoms with Crippen molar-refractivity contribution in [3.63, 3.8) is 0 Å². The lowest BCUT2D eigenvalue weighted by Crippen LogP contribution is -2.06. The summed E-state index contributed by atoms with van der Waals surface area (Å²) in [6, 6.07) is 0. The van der Waals surface area contributed by atoms with Gasteiger partial charge in [-0.1, -0.05) is 25.6 Å². The quantitative estimate of drug-likeness (QED) is 0.701. The van der Waals surface area contributed by atoms with E-state index in [1.54, 1.807) is 16.4 Å². The van der Waals surface area contributed by atoms with Crippen molar-refractivity contribution < 1.29 is 5.11 Å². The molecule has 0 unspecified atom stereocenters. The molecule has 0 saturated carbocycles. The highest BCUT2D eigenvalue weighted by Gasteiger charge is 2.06. The fraction of sp³-hybridized carbons (Fsp3) is 0.857. The molecule has 1 heterocycles. The highest BCUT2D eigenvalue weighted by atomic mass is 32.2. The first kappa shape index (κ1) is 10.5. The summed E-state index contributed by atoms with van der Waals surface area (Å²) in [5, 5.41) is 20.7. The maximum atomic E-state index is 8.71.